The molecule has 0 saturated heterocycles. The first-order valence-electron chi connectivity index (χ1n) is 9.05. The molecule has 1 fully saturated rings. The third-order valence-electron chi connectivity index (χ3n) is 5.06. The van der Waals surface area contributed by atoms with Gasteiger partial charge in [-0.3, -0.25) is 9.89 Å². The molecule has 1 aliphatic carbocycles. The van der Waals surface area contributed by atoms with Crippen molar-refractivity contribution >= 4 is 11.9 Å². The summed E-state index contributed by atoms with van der Waals surface area (Å²) in [6.07, 6.45) is 7.75. The average Bonchev–Trinajstić information content (AvgIpc) is 2.96. The van der Waals surface area contributed by atoms with Crippen LogP contribution in [0.1, 0.15) is 66.3 Å². The number of aromatic amines is 1. The fourth-order valence-electron chi connectivity index (χ4n) is 3.46. The minimum atomic E-state index is -0.0116. The zero-order valence-electron chi connectivity index (χ0n) is 14.7. The highest BCUT2D eigenvalue weighted by molar-refractivity contribution is 5.93. The number of amides is 1. The number of hydrogen-bond acceptors (Lipinski definition) is 5. The van der Waals surface area contributed by atoms with E-state index in [0.29, 0.717) is 30.5 Å². The Bertz CT molecular complexity index is 762. The highest BCUT2D eigenvalue weighted by Gasteiger charge is 2.31. The maximum Gasteiger partial charge on any atom is 0.257 e. The number of nitrogens with one attached hydrogen (secondary N) is 2. The van der Waals surface area contributed by atoms with Gasteiger partial charge >= 0.3 is 0 Å². The van der Waals surface area contributed by atoms with E-state index in [-0.39, 0.29) is 11.9 Å². The van der Waals surface area contributed by atoms with Crippen molar-refractivity contribution in [2.24, 2.45) is 0 Å². The highest BCUT2D eigenvalue weighted by atomic mass is 16.2. The largest absolute Gasteiger partial charge is 0.352 e. The summed E-state index contributed by atoms with van der Waals surface area (Å²) in [7, 11) is 0. The third-order valence-corrected chi connectivity index (χ3v) is 5.06. The summed E-state index contributed by atoms with van der Waals surface area (Å²) in [5.74, 6) is 1.11. The zero-order valence-corrected chi connectivity index (χ0v) is 14.7. The molecule has 132 valence electrons. The number of rotatable bonds is 4. The maximum atomic E-state index is 12.8. The van der Waals surface area contributed by atoms with Crippen molar-refractivity contribution in [3.63, 3.8) is 0 Å². The SMILES string of the molecule is CC(C)Nc1ncc(C(=O)N2CCc3[nH]nc(C4CCC4)c3C2)cn1. The number of fused-ring (bicyclic) bond motifs is 1. The van der Waals surface area contributed by atoms with Crippen molar-refractivity contribution in [3.8, 4) is 0 Å². The van der Waals surface area contributed by atoms with Crippen molar-refractivity contribution < 1.29 is 4.79 Å². The highest BCUT2D eigenvalue weighted by Crippen LogP contribution is 2.38. The monoisotopic (exact) mass is 340 g/mol. The number of carbonyl (C=O) groups is 1. The van der Waals surface area contributed by atoms with E-state index in [1.54, 1.807) is 12.4 Å². The molecule has 3 heterocycles. The van der Waals surface area contributed by atoms with Crippen LogP contribution in [0.3, 0.4) is 0 Å². The van der Waals surface area contributed by atoms with Gasteiger partial charge in [-0.15, -0.1) is 0 Å². The van der Waals surface area contributed by atoms with Crippen molar-refractivity contribution in [1.29, 1.82) is 0 Å². The van der Waals surface area contributed by atoms with Crippen LogP contribution in [0.2, 0.25) is 0 Å². The zero-order chi connectivity index (χ0) is 17.4. The summed E-state index contributed by atoms with van der Waals surface area (Å²) in [4.78, 5) is 23.2. The van der Waals surface area contributed by atoms with E-state index >= 15 is 0 Å². The van der Waals surface area contributed by atoms with E-state index < -0.39 is 0 Å². The maximum absolute atomic E-state index is 12.8. The molecule has 2 aromatic rings. The van der Waals surface area contributed by atoms with Gasteiger partial charge in [-0.05, 0) is 26.7 Å². The molecule has 7 heteroatoms. The van der Waals surface area contributed by atoms with Crippen LogP contribution in [0.25, 0.3) is 0 Å². The number of aromatic nitrogens is 4. The molecule has 1 aliphatic heterocycles. The van der Waals surface area contributed by atoms with E-state index in [4.69, 9.17) is 0 Å². The van der Waals surface area contributed by atoms with Gasteiger partial charge in [0.05, 0.1) is 11.3 Å². The number of anilines is 1. The van der Waals surface area contributed by atoms with E-state index in [1.807, 2.05) is 18.7 Å². The second-order valence-electron chi connectivity index (χ2n) is 7.26. The Hall–Kier alpha value is -2.44. The van der Waals surface area contributed by atoms with Crippen LogP contribution in [-0.2, 0) is 13.0 Å². The van der Waals surface area contributed by atoms with E-state index in [1.165, 1.54) is 36.2 Å². The molecule has 0 spiro atoms. The first kappa shape index (κ1) is 16.1. The Kier molecular flexibility index (Phi) is 4.15. The number of hydrogen-bond donors (Lipinski definition) is 2. The Morgan fingerprint density at radius 2 is 2.08 bits per heavy atom. The van der Waals surface area contributed by atoms with Gasteiger partial charge in [0.1, 0.15) is 0 Å². The number of carbonyl (C=O) groups excluding carboxylic acids is 1. The quantitative estimate of drug-likeness (QED) is 0.893. The Morgan fingerprint density at radius 1 is 1.32 bits per heavy atom. The van der Waals surface area contributed by atoms with Crippen LogP contribution in [-0.4, -0.2) is 43.6 Å². The topological polar surface area (TPSA) is 86.8 Å². The Morgan fingerprint density at radius 3 is 2.72 bits per heavy atom. The molecule has 0 aromatic carbocycles. The van der Waals surface area contributed by atoms with Gasteiger partial charge in [-0.2, -0.15) is 5.10 Å². The second-order valence-corrected chi connectivity index (χ2v) is 7.26. The smallest absolute Gasteiger partial charge is 0.257 e. The van der Waals surface area contributed by atoms with Gasteiger partial charge in [0.2, 0.25) is 5.95 Å². The molecule has 4 rings (SSSR count). The Labute approximate surface area is 147 Å². The average molecular weight is 340 g/mol. The van der Waals surface area contributed by atoms with Gasteiger partial charge in [0.25, 0.3) is 5.91 Å². The lowest BCUT2D eigenvalue weighted by molar-refractivity contribution is 0.0732. The predicted molar refractivity (Wildman–Crippen MR) is 94.4 cm³/mol. The van der Waals surface area contributed by atoms with E-state index in [2.05, 4.69) is 25.5 Å². The van der Waals surface area contributed by atoms with Gasteiger partial charge in [0.15, 0.2) is 0 Å². The molecule has 0 radical (unpaired) electrons. The van der Waals surface area contributed by atoms with Crippen molar-refractivity contribution in [2.45, 2.75) is 58.0 Å². The van der Waals surface area contributed by atoms with Crippen molar-refractivity contribution in [1.82, 2.24) is 25.1 Å². The summed E-state index contributed by atoms with van der Waals surface area (Å²) in [6.45, 7) is 5.38. The van der Waals surface area contributed by atoms with Crippen LogP contribution >= 0.6 is 0 Å². The molecule has 1 saturated carbocycles. The van der Waals surface area contributed by atoms with Gasteiger partial charge in [0, 0.05) is 55.1 Å². The first-order chi connectivity index (χ1) is 12.1. The summed E-state index contributed by atoms with van der Waals surface area (Å²) in [5.41, 5.74) is 4.12. The molecule has 1 amide bonds. The predicted octanol–water partition coefficient (Wildman–Crippen LogP) is 2.49. The molecule has 0 unspecified atom stereocenters. The molecule has 0 bridgehead atoms. The van der Waals surface area contributed by atoms with Crippen LogP contribution < -0.4 is 5.32 Å². The molecule has 2 aromatic heterocycles. The first-order valence-corrected chi connectivity index (χ1v) is 9.05. The minimum Gasteiger partial charge on any atom is -0.352 e. The molecular formula is C18H24N6O. The molecule has 0 atom stereocenters. The lowest BCUT2D eigenvalue weighted by Gasteiger charge is -2.30. The number of H-pyrrole nitrogens is 1. The molecule has 2 aliphatic rings. The molecule has 7 nitrogen and oxygen atoms in total. The van der Waals surface area contributed by atoms with Crippen LogP contribution in [0.5, 0.6) is 0 Å². The van der Waals surface area contributed by atoms with Crippen molar-refractivity contribution in [2.75, 3.05) is 11.9 Å². The third kappa shape index (κ3) is 3.10. The second kappa shape index (κ2) is 6.46. The lowest BCUT2D eigenvalue weighted by Crippen LogP contribution is -2.36. The summed E-state index contributed by atoms with van der Waals surface area (Å²) in [5, 5.41) is 10.8. The normalized spacial score (nSPS) is 17.3. The fourth-order valence-corrected chi connectivity index (χ4v) is 3.46. The van der Waals surface area contributed by atoms with E-state index in [9.17, 15) is 4.79 Å². The van der Waals surface area contributed by atoms with Gasteiger partial charge in [-0.1, -0.05) is 6.42 Å². The molecule has 2 N–H and O–H groups in total. The Balaban J connectivity index is 1.49. The number of nitrogens with zero attached hydrogens (tertiary/aromatic N) is 4. The van der Waals surface area contributed by atoms with Crippen LogP contribution in [0, 0.1) is 0 Å². The standard InChI is InChI=1S/C18H24N6O/c1-11(2)21-18-19-8-13(9-20-18)17(25)24-7-6-15-14(10-24)16(23-22-15)12-4-3-5-12/h8-9,11-12H,3-7,10H2,1-2H3,(H,22,23)(H,19,20,21). The lowest BCUT2D eigenvalue weighted by atomic mass is 9.81. The molecular weight excluding hydrogens is 316 g/mol. The summed E-state index contributed by atoms with van der Waals surface area (Å²) in [6, 6.07) is 0.257. The van der Waals surface area contributed by atoms with Gasteiger partial charge < -0.3 is 10.2 Å². The summed E-state index contributed by atoms with van der Waals surface area (Å²) < 4.78 is 0. The van der Waals surface area contributed by atoms with Crippen LogP contribution in [0.4, 0.5) is 5.95 Å². The van der Waals surface area contributed by atoms with Crippen molar-refractivity contribution in [3.05, 3.63) is 34.9 Å². The fraction of sp³-hybridized carbons (Fsp3) is 0.556. The van der Waals surface area contributed by atoms with Crippen LogP contribution in [0.15, 0.2) is 12.4 Å². The minimum absolute atomic E-state index is 0.0116. The summed E-state index contributed by atoms with van der Waals surface area (Å²) >= 11 is 0. The molecule has 25 heavy (non-hydrogen) atoms. The van der Waals surface area contributed by atoms with E-state index in [0.717, 1.165) is 6.42 Å². The van der Waals surface area contributed by atoms with Gasteiger partial charge in [-0.25, -0.2) is 9.97 Å².